The molecule has 1 N–H and O–H groups in total. The quantitative estimate of drug-likeness (QED) is 0.519. The number of hydrogen-bond acceptors (Lipinski definition) is 3. The Bertz CT molecular complexity index is 802. The van der Waals surface area contributed by atoms with Crippen LogP contribution in [0.4, 0.5) is 0 Å². The minimum atomic E-state index is -1.03. The molecule has 5 nitrogen and oxygen atoms in total. The highest BCUT2D eigenvalue weighted by Gasteiger charge is 2.45. The second-order valence-corrected chi connectivity index (χ2v) is 8.59. The van der Waals surface area contributed by atoms with Gasteiger partial charge in [0.25, 0.3) is 5.91 Å². The van der Waals surface area contributed by atoms with Crippen LogP contribution >= 0.6 is 0 Å². The Labute approximate surface area is 180 Å². The van der Waals surface area contributed by atoms with Crippen LogP contribution in [0.15, 0.2) is 60.7 Å². The Morgan fingerprint density at radius 1 is 1.10 bits per heavy atom. The van der Waals surface area contributed by atoms with Gasteiger partial charge in [-0.2, -0.15) is 0 Å². The first-order valence-corrected chi connectivity index (χ1v) is 11.0. The maximum absolute atomic E-state index is 13.5. The van der Waals surface area contributed by atoms with E-state index in [1.165, 1.54) is 0 Å². The molecule has 0 spiro atoms. The van der Waals surface area contributed by atoms with E-state index in [2.05, 4.69) is 5.32 Å². The van der Waals surface area contributed by atoms with Gasteiger partial charge in [-0.25, -0.2) is 0 Å². The molecule has 1 aliphatic rings. The fourth-order valence-corrected chi connectivity index (χ4v) is 4.51. The molecule has 1 amide bonds. The van der Waals surface area contributed by atoms with Crippen molar-refractivity contribution in [3.63, 3.8) is 0 Å². The lowest BCUT2D eigenvalue weighted by molar-refractivity contribution is -0.898. The fourth-order valence-electron chi connectivity index (χ4n) is 4.51. The zero-order valence-electron chi connectivity index (χ0n) is 18.3. The number of carbonyl (C=O) groups excluding carboxylic acids is 1. The number of hydrogen-bond donors (Lipinski definition) is 1. The number of hydroxylamine groups is 3. The van der Waals surface area contributed by atoms with Gasteiger partial charge in [0.05, 0.1) is 13.1 Å². The Morgan fingerprint density at radius 3 is 2.20 bits per heavy atom. The summed E-state index contributed by atoms with van der Waals surface area (Å²) >= 11 is 0. The molecule has 1 unspecified atom stereocenters. The van der Waals surface area contributed by atoms with Gasteiger partial charge >= 0.3 is 0 Å². The summed E-state index contributed by atoms with van der Waals surface area (Å²) in [5.41, 5.74) is 0.906. The van der Waals surface area contributed by atoms with Crippen molar-refractivity contribution >= 4 is 5.91 Å². The first kappa shape index (κ1) is 22.5. The zero-order valence-corrected chi connectivity index (χ0v) is 18.3. The second kappa shape index (κ2) is 9.73. The third-order valence-electron chi connectivity index (χ3n) is 6.14. The van der Waals surface area contributed by atoms with Crippen molar-refractivity contribution in [2.45, 2.75) is 51.8 Å². The maximum atomic E-state index is 13.5. The van der Waals surface area contributed by atoms with Crippen molar-refractivity contribution in [3.8, 4) is 0 Å². The first-order valence-electron chi connectivity index (χ1n) is 11.0. The summed E-state index contributed by atoms with van der Waals surface area (Å²) in [7, 11) is 0. The summed E-state index contributed by atoms with van der Waals surface area (Å²) in [6.45, 7) is 7.90. The average molecular weight is 411 g/mol. The number of nitrogens with zero attached hydrogens (tertiary/aromatic N) is 1. The molecule has 5 heteroatoms. The van der Waals surface area contributed by atoms with E-state index in [-0.39, 0.29) is 22.5 Å². The van der Waals surface area contributed by atoms with Gasteiger partial charge in [-0.1, -0.05) is 74.5 Å². The molecule has 1 fully saturated rings. The van der Waals surface area contributed by atoms with Crippen molar-refractivity contribution in [2.24, 2.45) is 5.92 Å². The largest absolute Gasteiger partial charge is 0.633 e. The second-order valence-electron chi connectivity index (χ2n) is 8.59. The fraction of sp³-hybridized carbons (Fsp3) is 0.480. The van der Waals surface area contributed by atoms with Crippen LogP contribution in [0.2, 0.25) is 0 Å². The van der Waals surface area contributed by atoms with Crippen molar-refractivity contribution < 1.29 is 14.2 Å². The van der Waals surface area contributed by atoms with Gasteiger partial charge in [0.15, 0.2) is 5.60 Å². The molecular weight excluding hydrogens is 376 g/mol. The molecular formula is C25H34N2O3. The van der Waals surface area contributed by atoms with E-state index in [1.54, 1.807) is 0 Å². The number of quaternary nitrogens is 1. The maximum Gasteiger partial charge on any atom is 0.257 e. The molecule has 2 aromatic carbocycles. The molecule has 2 aromatic rings. The number of benzene rings is 2. The van der Waals surface area contributed by atoms with Crippen LogP contribution in [0.25, 0.3) is 0 Å². The normalized spacial score (nSPS) is 23.7. The smallest absolute Gasteiger partial charge is 0.257 e. The van der Waals surface area contributed by atoms with E-state index in [0.29, 0.717) is 39.1 Å². The summed E-state index contributed by atoms with van der Waals surface area (Å²) in [6.07, 6.45) is 1.36. The van der Waals surface area contributed by atoms with Crippen LogP contribution in [0, 0.1) is 11.1 Å². The molecule has 1 saturated heterocycles. The molecule has 0 radical (unpaired) electrons. The standard InChI is InChI=1S/C25H34N2O3/c1-4-30-25(20(2)3,22-13-9-6-10-14-22)24(28)26-23-15-17-27(29,18-16-23)19-21-11-7-5-8-12-21/h5-14,20,23H,4,15-19H2,1-3H3,(H,26,28). The van der Waals surface area contributed by atoms with E-state index in [4.69, 9.17) is 4.74 Å². The number of carbonyl (C=O) groups is 1. The van der Waals surface area contributed by atoms with Crippen LogP contribution in [-0.4, -0.2) is 36.3 Å². The third-order valence-corrected chi connectivity index (χ3v) is 6.14. The highest BCUT2D eigenvalue weighted by Crippen LogP contribution is 2.35. The van der Waals surface area contributed by atoms with Gasteiger partial charge in [0.2, 0.25) is 0 Å². The molecule has 1 aliphatic heterocycles. The minimum absolute atomic E-state index is 0.00392. The molecule has 0 bridgehead atoms. The monoisotopic (exact) mass is 410 g/mol. The van der Waals surface area contributed by atoms with E-state index in [9.17, 15) is 10.0 Å². The highest BCUT2D eigenvalue weighted by atomic mass is 16.5. The van der Waals surface area contributed by atoms with Gasteiger partial charge in [-0.15, -0.1) is 0 Å². The Morgan fingerprint density at radius 2 is 1.67 bits per heavy atom. The predicted octanol–water partition coefficient (Wildman–Crippen LogP) is 4.37. The molecule has 162 valence electrons. The van der Waals surface area contributed by atoms with Crippen LogP contribution in [0.1, 0.15) is 44.7 Å². The SMILES string of the molecule is CCOC(C(=O)NC1CC[N+]([O-])(Cc2ccccc2)CC1)(c1ccccc1)C(C)C. The van der Waals surface area contributed by atoms with Crippen molar-refractivity contribution in [1.82, 2.24) is 5.32 Å². The van der Waals surface area contributed by atoms with Crippen molar-refractivity contribution in [1.29, 1.82) is 0 Å². The lowest BCUT2D eigenvalue weighted by atomic mass is 9.81. The van der Waals surface area contributed by atoms with E-state index < -0.39 is 5.60 Å². The Hall–Kier alpha value is -2.21. The van der Waals surface area contributed by atoms with Crippen LogP contribution in [0.5, 0.6) is 0 Å². The Balaban J connectivity index is 1.68. The summed E-state index contributed by atoms with van der Waals surface area (Å²) in [6, 6.07) is 19.6. The average Bonchev–Trinajstić information content (AvgIpc) is 2.74. The number of nitrogens with one attached hydrogen (secondary N) is 1. The lowest BCUT2D eigenvalue weighted by Crippen LogP contribution is -2.57. The number of piperidine rings is 1. The molecule has 1 heterocycles. The van der Waals surface area contributed by atoms with Gasteiger partial charge in [-0.3, -0.25) is 4.79 Å². The summed E-state index contributed by atoms with van der Waals surface area (Å²) in [5.74, 6) is -0.139. The van der Waals surface area contributed by atoms with Gasteiger partial charge in [0.1, 0.15) is 6.54 Å². The molecule has 0 aromatic heterocycles. The van der Waals surface area contributed by atoms with E-state index in [1.807, 2.05) is 81.4 Å². The van der Waals surface area contributed by atoms with E-state index in [0.717, 1.165) is 11.1 Å². The van der Waals surface area contributed by atoms with Crippen LogP contribution in [-0.2, 0) is 21.7 Å². The minimum Gasteiger partial charge on any atom is -0.633 e. The first-order chi connectivity index (χ1) is 14.4. The molecule has 30 heavy (non-hydrogen) atoms. The van der Waals surface area contributed by atoms with Gasteiger partial charge in [0, 0.05) is 31.1 Å². The summed E-state index contributed by atoms with van der Waals surface area (Å²) in [5, 5.41) is 16.4. The van der Waals surface area contributed by atoms with Crippen molar-refractivity contribution in [3.05, 3.63) is 77.0 Å². The molecule has 0 aliphatic carbocycles. The predicted molar refractivity (Wildman–Crippen MR) is 119 cm³/mol. The molecule has 3 rings (SSSR count). The summed E-state index contributed by atoms with van der Waals surface area (Å²) in [4.78, 5) is 13.5. The molecule has 1 atom stereocenters. The number of rotatable bonds is 8. The van der Waals surface area contributed by atoms with Crippen molar-refractivity contribution in [2.75, 3.05) is 19.7 Å². The van der Waals surface area contributed by atoms with Crippen LogP contribution < -0.4 is 5.32 Å². The highest BCUT2D eigenvalue weighted by molar-refractivity contribution is 5.87. The number of amides is 1. The van der Waals surface area contributed by atoms with E-state index >= 15 is 0 Å². The lowest BCUT2D eigenvalue weighted by Gasteiger charge is -2.48. The zero-order chi connectivity index (χ0) is 21.6. The van der Waals surface area contributed by atoms with Gasteiger partial charge in [-0.05, 0) is 18.4 Å². The van der Waals surface area contributed by atoms with Crippen LogP contribution in [0.3, 0.4) is 0 Å². The summed E-state index contributed by atoms with van der Waals surface area (Å²) < 4.78 is 5.90. The topological polar surface area (TPSA) is 61.4 Å². The Kier molecular flexibility index (Phi) is 7.29. The molecule has 0 saturated carbocycles. The number of likely N-dealkylation sites (tertiary alicyclic amines) is 1. The third kappa shape index (κ3) is 4.91. The number of ether oxygens (including phenoxy) is 1. The van der Waals surface area contributed by atoms with Gasteiger partial charge < -0.3 is 19.9 Å².